The maximum atomic E-state index is 11.3. The van der Waals surface area contributed by atoms with E-state index >= 15 is 0 Å². The molecule has 0 aliphatic carbocycles. The Labute approximate surface area is 87.9 Å². The minimum Gasteiger partial charge on any atom is -0.327 e. The predicted octanol–water partition coefficient (Wildman–Crippen LogP) is 0.510. The van der Waals surface area contributed by atoms with Gasteiger partial charge >= 0.3 is 0 Å². The maximum Gasteiger partial charge on any atom is 0.248 e. The standard InChI is InChI=1S/C11H13N3O/c1-7-2-8(3-11(15)14-7)10-6-13-5-9(10)4-12/h2-3,9-10,13H,5-6H2,1H3,(H,14,15). The highest BCUT2D eigenvalue weighted by Crippen LogP contribution is 2.26. The number of nitriles is 1. The van der Waals surface area contributed by atoms with Gasteiger partial charge in [0.2, 0.25) is 5.56 Å². The van der Waals surface area contributed by atoms with Crippen molar-refractivity contribution < 1.29 is 0 Å². The van der Waals surface area contributed by atoms with Crippen molar-refractivity contribution in [1.29, 1.82) is 5.26 Å². The lowest BCUT2D eigenvalue weighted by atomic mass is 9.90. The molecule has 0 saturated carbocycles. The largest absolute Gasteiger partial charge is 0.327 e. The topological polar surface area (TPSA) is 68.7 Å². The Morgan fingerprint density at radius 1 is 1.47 bits per heavy atom. The average Bonchev–Trinajstić information content (AvgIpc) is 2.63. The van der Waals surface area contributed by atoms with Gasteiger partial charge in [0.15, 0.2) is 0 Å². The molecule has 2 unspecified atom stereocenters. The third kappa shape index (κ3) is 1.92. The molecule has 4 nitrogen and oxygen atoms in total. The molecule has 1 aromatic rings. The number of nitrogens with zero attached hydrogens (tertiary/aromatic N) is 1. The second-order valence-electron chi connectivity index (χ2n) is 3.96. The van der Waals surface area contributed by atoms with Crippen molar-refractivity contribution >= 4 is 0 Å². The summed E-state index contributed by atoms with van der Waals surface area (Å²) in [5, 5.41) is 12.1. The summed E-state index contributed by atoms with van der Waals surface area (Å²) in [6.45, 7) is 3.35. The lowest BCUT2D eigenvalue weighted by Crippen LogP contribution is -2.14. The molecule has 0 spiro atoms. The van der Waals surface area contributed by atoms with E-state index in [2.05, 4.69) is 16.4 Å². The van der Waals surface area contributed by atoms with E-state index in [4.69, 9.17) is 5.26 Å². The first kappa shape index (κ1) is 9.94. The summed E-state index contributed by atoms with van der Waals surface area (Å²) in [5.74, 6) is 0.127. The van der Waals surface area contributed by atoms with Crippen LogP contribution in [0.5, 0.6) is 0 Å². The van der Waals surface area contributed by atoms with E-state index in [1.165, 1.54) is 0 Å². The Balaban J connectivity index is 2.37. The van der Waals surface area contributed by atoms with Gasteiger partial charge in [-0.1, -0.05) is 0 Å². The SMILES string of the molecule is Cc1cc(C2CNCC2C#N)cc(=O)[nH]1. The Kier molecular flexibility index (Phi) is 2.57. The van der Waals surface area contributed by atoms with Crippen molar-refractivity contribution in [3.05, 3.63) is 33.7 Å². The lowest BCUT2D eigenvalue weighted by molar-refractivity contribution is 0.644. The minimum atomic E-state index is -0.0893. The molecule has 2 rings (SSSR count). The molecule has 4 heteroatoms. The first-order chi connectivity index (χ1) is 7.20. The van der Waals surface area contributed by atoms with E-state index in [9.17, 15) is 4.79 Å². The molecule has 1 saturated heterocycles. The van der Waals surface area contributed by atoms with Gasteiger partial charge in [0.05, 0.1) is 12.0 Å². The van der Waals surface area contributed by atoms with Crippen LogP contribution in [0, 0.1) is 24.2 Å². The van der Waals surface area contributed by atoms with Crippen molar-refractivity contribution in [2.75, 3.05) is 13.1 Å². The van der Waals surface area contributed by atoms with Crippen LogP contribution in [0.1, 0.15) is 17.2 Å². The molecule has 0 amide bonds. The molecule has 78 valence electrons. The molecule has 0 aromatic carbocycles. The molecular weight excluding hydrogens is 190 g/mol. The predicted molar refractivity (Wildman–Crippen MR) is 56.5 cm³/mol. The van der Waals surface area contributed by atoms with Gasteiger partial charge in [0, 0.05) is 30.8 Å². The van der Waals surface area contributed by atoms with Gasteiger partial charge in [-0.05, 0) is 18.6 Å². The highest BCUT2D eigenvalue weighted by atomic mass is 16.1. The zero-order chi connectivity index (χ0) is 10.8. The lowest BCUT2D eigenvalue weighted by Gasteiger charge is -2.12. The molecule has 0 radical (unpaired) electrons. The molecular formula is C11H13N3O. The monoisotopic (exact) mass is 203 g/mol. The van der Waals surface area contributed by atoms with Crippen molar-refractivity contribution in [3.63, 3.8) is 0 Å². The number of aryl methyl sites for hydroxylation is 1. The molecule has 1 aromatic heterocycles. The molecule has 2 N–H and O–H groups in total. The van der Waals surface area contributed by atoms with E-state index < -0.39 is 0 Å². The fourth-order valence-corrected chi connectivity index (χ4v) is 2.09. The highest BCUT2D eigenvalue weighted by molar-refractivity contribution is 5.24. The smallest absolute Gasteiger partial charge is 0.248 e. The van der Waals surface area contributed by atoms with Gasteiger partial charge in [-0.25, -0.2) is 0 Å². The fourth-order valence-electron chi connectivity index (χ4n) is 2.09. The highest BCUT2D eigenvalue weighted by Gasteiger charge is 2.28. The van der Waals surface area contributed by atoms with Crippen LogP contribution < -0.4 is 10.9 Å². The minimum absolute atomic E-state index is 0.0220. The average molecular weight is 203 g/mol. The molecule has 1 aliphatic rings. The molecule has 2 atom stereocenters. The number of pyridine rings is 1. The van der Waals surface area contributed by atoms with E-state index in [1.54, 1.807) is 6.07 Å². The van der Waals surface area contributed by atoms with Gasteiger partial charge in [-0.2, -0.15) is 5.26 Å². The van der Waals surface area contributed by atoms with Gasteiger partial charge < -0.3 is 10.3 Å². The summed E-state index contributed by atoms with van der Waals surface area (Å²) in [4.78, 5) is 14.0. The van der Waals surface area contributed by atoms with Crippen molar-refractivity contribution in [2.45, 2.75) is 12.8 Å². The summed E-state index contributed by atoms with van der Waals surface area (Å²) in [6.07, 6.45) is 0. The van der Waals surface area contributed by atoms with E-state index in [0.717, 1.165) is 17.8 Å². The zero-order valence-corrected chi connectivity index (χ0v) is 8.58. The number of aromatic amines is 1. The summed E-state index contributed by atoms with van der Waals surface area (Å²) in [7, 11) is 0. The first-order valence-corrected chi connectivity index (χ1v) is 5.02. The van der Waals surface area contributed by atoms with Crippen molar-refractivity contribution in [2.24, 2.45) is 5.92 Å². The fraction of sp³-hybridized carbons (Fsp3) is 0.455. The first-order valence-electron chi connectivity index (χ1n) is 5.02. The Morgan fingerprint density at radius 2 is 2.27 bits per heavy atom. The van der Waals surface area contributed by atoms with Gasteiger partial charge in [0.1, 0.15) is 0 Å². The van der Waals surface area contributed by atoms with Crippen molar-refractivity contribution in [3.8, 4) is 6.07 Å². The Hall–Kier alpha value is -1.60. The number of hydrogen-bond acceptors (Lipinski definition) is 3. The second-order valence-corrected chi connectivity index (χ2v) is 3.96. The normalized spacial score (nSPS) is 25.1. The van der Waals surface area contributed by atoms with E-state index in [-0.39, 0.29) is 17.4 Å². The summed E-state index contributed by atoms with van der Waals surface area (Å²) in [5.41, 5.74) is 1.72. The van der Waals surface area contributed by atoms with Crippen molar-refractivity contribution in [1.82, 2.24) is 10.3 Å². The number of rotatable bonds is 1. The summed E-state index contributed by atoms with van der Waals surface area (Å²) in [6, 6.07) is 5.82. The van der Waals surface area contributed by atoms with Gasteiger partial charge in [-0.3, -0.25) is 4.79 Å². The molecule has 0 bridgehead atoms. The molecule has 1 fully saturated rings. The second kappa shape index (κ2) is 3.87. The van der Waals surface area contributed by atoms with Crippen LogP contribution in [0.15, 0.2) is 16.9 Å². The number of aromatic nitrogens is 1. The van der Waals surface area contributed by atoms with Gasteiger partial charge in [0.25, 0.3) is 0 Å². The molecule has 1 aliphatic heterocycles. The number of nitrogens with one attached hydrogen (secondary N) is 2. The van der Waals surface area contributed by atoms with Gasteiger partial charge in [-0.15, -0.1) is 0 Å². The quantitative estimate of drug-likeness (QED) is 0.698. The maximum absolute atomic E-state index is 11.3. The number of hydrogen-bond donors (Lipinski definition) is 2. The van der Waals surface area contributed by atoms with Crippen LogP contribution in [0.25, 0.3) is 0 Å². The molecule has 15 heavy (non-hydrogen) atoms. The van der Waals surface area contributed by atoms with E-state index in [1.807, 2.05) is 13.0 Å². The van der Waals surface area contributed by atoms with Crippen LogP contribution in [0.3, 0.4) is 0 Å². The Bertz CT molecular complexity index is 458. The number of H-pyrrole nitrogens is 1. The summed E-state index contributed by atoms with van der Waals surface area (Å²) >= 11 is 0. The third-order valence-electron chi connectivity index (χ3n) is 2.81. The van der Waals surface area contributed by atoms with Crippen LogP contribution in [0.2, 0.25) is 0 Å². The van der Waals surface area contributed by atoms with E-state index in [0.29, 0.717) is 6.54 Å². The summed E-state index contributed by atoms with van der Waals surface area (Å²) < 4.78 is 0. The molecule has 2 heterocycles. The van der Waals surface area contributed by atoms with Crippen LogP contribution in [-0.4, -0.2) is 18.1 Å². The zero-order valence-electron chi connectivity index (χ0n) is 8.58. The van der Waals surface area contributed by atoms with Crippen LogP contribution >= 0.6 is 0 Å². The Morgan fingerprint density at radius 3 is 2.93 bits per heavy atom. The van der Waals surface area contributed by atoms with Crippen LogP contribution in [-0.2, 0) is 0 Å². The third-order valence-corrected chi connectivity index (χ3v) is 2.81. The van der Waals surface area contributed by atoms with Crippen LogP contribution in [0.4, 0.5) is 0 Å².